The number of urea groups is 1. The zero-order valence-corrected chi connectivity index (χ0v) is 14.8. The number of nitrogens with zero attached hydrogens (tertiary/aromatic N) is 1. The van der Waals surface area contributed by atoms with E-state index in [0.29, 0.717) is 22.0 Å². The largest absolute Gasteiger partial charge is 0.496 e. The Morgan fingerprint density at radius 2 is 1.88 bits per heavy atom. The standard InChI is InChI=1S/C19H15ClN2O4/c1-11-4-3-5-14(8-11)22-18(24)15(17(23)21-19(22)25)10-12-9-13(20)6-7-16(12)26-2/h3-10H,1-2H3,(H,21,23,25)/b15-10+. The van der Waals surface area contributed by atoms with E-state index in [-0.39, 0.29) is 5.57 Å². The van der Waals surface area contributed by atoms with E-state index in [1.165, 1.54) is 13.2 Å². The van der Waals surface area contributed by atoms with Gasteiger partial charge in [-0.1, -0.05) is 23.7 Å². The molecule has 4 amide bonds. The molecule has 1 aliphatic heterocycles. The highest BCUT2D eigenvalue weighted by Crippen LogP contribution is 2.27. The monoisotopic (exact) mass is 370 g/mol. The number of hydrogen-bond acceptors (Lipinski definition) is 4. The van der Waals surface area contributed by atoms with Crippen LogP contribution in [0.15, 0.2) is 48.0 Å². The fourth-order valence-electron chi connectivity index (χ4n) is 2.63. The van der Waals surface area contributed by atoms with Crippen molar-refractivity contribution in [3.63, 3.8) is 0 Å². The minimum atomic E-state index is -0.791. The molecule has 26 heavy (non-hydrogen) atoms. The highest BCUT2D eigenvalue weighted by Gasteiger charge is 2.37. The minimum absolute atomic E-state index is 0.188. The molecule has 1 aliphatic rings. The molecule has 0 aliphatic carbocycles. The van der Waals surface area contributed by atoms with Gasteiger partial charge in [-0.2, -0.15) is 0 Å². The Balaban J connectivity index is 2.07. The lowest BCUT2D eigenvalue weighted by Crippen LogP contribution is -2.54. The van der Waals surface area contributed by atoms with Gasteiger partial charge in [-0.3, -0.25) is 14.9 Å². The number of benzene rings is 2. The van der Waals surface area contributed by atoms with Crippen LogP contribution in [0.5, 0.6) is 5.75 Å². The summed E-state index contributed by atoms with van der Waals surface area (Å²) >= 11 is 5.99. The number of imide groups is 2. The number of carbonyl (C=O) groups is 3. The molecule has 2 aromatic rings. The highest BCUT2D eigenvalue weighted by molar-refractivity contribution is 6.39. The summed E-state index contributed by atoms with van der Waals surface area (Å²) in [5.74, 6) is -1.04. The molecule has 0 saturated carbocycles. The van der Waals surface area contributed by atoms with Gasteiger partial charge in [0, 0.05) is 10.6 Å². The maximum absolute atomic E-state index is 12.8. The van der Waals surface area contributed by atoms with Crippen molar-refractivity contribution in [3.8, 4) is 5.75 Å². The van der Waals surface area contributed by atoms with Gasteiger partial charge < -0.3 is 4.74 Å². The van der Waals surface area contributed by atoms with Gasteiger partial charge in [0.15, 0.2) is 0 Å². The van der Waals surface area contributed by atoms with Crippen molar-refractivity contribution in [1.29, 1.82) is 0 Å². The zero-order chi connectivity index (χ0) is 18.8. The number of aryl methyl sites for hydroxylation is 1. The number of hydrogen-bond donors (Lipinski definition) is 1. The Labute approximate surface area is 155 Å². The second-order valence-electron chi connectivity index (χ2n) is 5.68. The van der Waals surface area contributed by atoms with Gasteiger partial charge in [-0.15, -0.1) is 0 Å². The normalized spacial score (nSPS) is 16.0. The molecule has 132 valence electrons. The van der Waals surface area contributed by atoms with Gasteiger partial charge in [-0.25, -0.2) is 9.69 Å². The van der Waals surface area contributed by atoms with Crippen LogP contribution in [0.4, 0.5) is 10.5 Å². The lowest BCUT2D eigenvalue weighted by molar-refractivity contribution is -0.122. The van der Waals surface area contributed by atoms with Crippen molar-refractivity contribution in [2.75, 3.05) is 12.0 Å². The molecule has 1 heterocycles. The van der Waals surface area contributed by atoms with Gasteiger partial charge >= 0.3 is 6.03 Å². The smallest absolute Gasteiger partial charge is 0.335 e. The summed E-state index contributed by atoms with van der Waals surface area (Å²) in [4.78, 5) is 38.2. The summed E-state index contributed by atoms with van der Waals surface area (Å²) in [6, 6.07) is 10.9. The Morgan fingerprint density at radius 1 is 1.12 bits per heavy atom. The number of carbonyl (C=O) groups excluding carboxylic acids is 3. The van der Waals surface area contributed by atoms with E-state index >= 15 is 0 Å². The number of methoxy groups -OCH3 is 1. The van der Waals surface area contributed by atoms with Crippen LogP contribution in [0.1, 0.15) is 11.1 Å². The van der Waals surface area contributed by atoms with Crippen LogP contribution in [-0.2, 0) is 9.59 Å². The van der Waals surface area contributed by atoms with E-state index in [9.17, 15) is 14.4 Å². The molecule has 0 radical (unpaired) electrons. The second-order valence-corrected chi connectivity index (χ2v) is 6.12. The van der Waals surface area contributed by atoms with Crippen molar-refractivity contribution in [2.24, 2.45) is 0 Å². The van der Waals surface area contributed by atoms with E-state index in [1.807, 2.05) is 13.0 Å². The molecule has 3 rings (SSSR count). The number of amides is 4. The van der Waals surface area contributed by atoms with Crippen molar-refractivity contribution in [1.82, 2.24) is 5.32 Å². The third-order valence-electron chi connectivity index (χ3n) is 3.85. The van der Waals surface area contributed by atoms with Crippen LogP contribution in [0, 0.1) is 6.92 Å². The van der Waals surface area contributed by atoms with E-state index in [0.717, 1.165) is 10.5 Å². The Hall–Kier alpha value is -3.12. The lowest BCUT2D eigenvalue weighted by Gasteiger charge is -2.26. The molecule has 0 unspecified atom stereocenters. The predicted molar refractivity (Wildman–Crippen MR) is 98.2 cm³/mol. The van der Waals surface area contributed by atoms with Crippen LogP contribution in [0.2, 0.25) is 5.02 Å². The Morgan fingerprint density at radius 3 is 2.58 bits per heavy atom. The predicted octanol–water partition coefficient (Wildman–Crippen LogP) is 3.32. The molecule has 7 heteroatoms. The Kier molecular flexibility index (Phi) is 4.77. The van der Waals surface area contributed by atoms with Crippen LogP contribution >= 0.6 is 11.6 Å². The molecule has 0 bridgehead atoms. The summed E-state index contributed by atoms with van der Waals surface area (Å²) in [5, 5.41) is 2.61. The van der Waals surface area contributed by atoms with E-state index in [4.69, 9.17) is 16.3 Å². The van der Waals surface area contributed by atoms with Crippen LogP contribution < -0.4 is 15.0 Å². The summed E-state index contributed by atoms with van der Waals surface area (Å²) in [5.41, 5.74) is 1.52. The van der Waals surface area contributed by atoms with Crippen LogP contribution in [0.25, 0.3) is 6.08 Å². The molecule has 2 aromatic carbocycles. The van der Waals surface area contributed by atoms with Crippen LogP contribution in [0.3, 0.4) is 0 Å². The topological polar surface area (TPSA) is 75.7 Å². The first-order valence-corrected chi connectivity index (χ1v) is 8.10. The average molecular weight is 371 g/mol. The van der Waals surface area contributed by atoms with Gasteiger partial charge in [0.25, 0.3) is 11.8 Å². The van der Waals surface area contributed by atoms with Gasteiger partial charge in [0.2, 0.25) is 0 Å². The number of halogens is 1. The van der Waals surface area contributed by atoms with E-state index < -0.39 is 17.8 Å². The van der Waals surface area contributed by atoms with Gasteiger partial charge in [0.1, 0.15) is 11.3 Å². The zero-order valence-electron chi connectivity index (χ0n) is 14.1. The molecular formula is C19H15ClN2O4. The molecular weight excluding hydrogens is 356 g/mol. The first-order chi connectivity index (χ1) is 12.4. The average Bonchev–Trinajstić information content (AvgIpc) is 2.58. The fourth-order valence-corrected chi connectivity index (χ4v) is 2.81. The fraction of sp³-hybridized carbons (Fsp3) is 0.105. The molecule has 1 fully saturated rings. The molecule has 0 aromatic heterocycles. The number of rotatable bonds is 3. The first-order valence-electron chi connectivity index (χ1n) is 7.72. The molecule has 1 saturated heterocycles. The number of anilines is 1. The molecule has 6 nitrogen and oxygen atoms in total. The summed E-state index contributed by atoms with van der Waals surface area (Å²) in [6.45, 7) is 1.84. The van der Waals surface area contributed by atoms with Gasteiger partial charge in [0.05, 0.1) is 12.8 Å². The maximum atomic E-state index is 12.8. The summed E-state index contributed by atoms with van der Waals surface area (Å²) in [7, 11) is 1.47. The number of barbiturate groups is 1. The first kappa shape index (κ1) is 17.7. The molecule has 0 atom stereocenters. The minimum Gasteiger partial charge on any atom is -0.496 e. The number of ether oxygens (including phenoxy) is 1. The summed E-state index contributed by atoms with van der Waals surface area (Å²) < 4.78 is 5.23. The van der Waals surface area contributed by atoms with Crippen molar-refractivity contribution in [2.45, 2.75) is 6.92 Å². The Bertz CT molecular complexity index is 952. The molecule has 0 spiro atoms. The highest BCUT2D eigenvalue weighted by atomic mass is 35.5. The number of nitrogens with one attached hydrogen (secondary N) is 1. The SMILES string of the molecule is COc1ccc(Cl)cc1/C=C1\C(=O)NC(=O)N(c2cccc(C)c2)C1=O. The maximum Gasteiger partial charge on any atom is 0.335 e. The van der Waals surface area contributed by atoms with Gasteiger partial charge in [-0.05, 0) is 48.9 Å². The third-order valence-corrected chi connectivity index (χ3v) is 4.09. The van der Waals surface area contributed by atoms with E-state index in [1.54, 1.807) is 36.4 Å². The lowest BCUT2D eigenvalue weighted by atomic mass is 10.1. The van der Waals surface area contributed by atoms with Crippen LogP contribution in [-0.4, -0.2) is 25.0 Å². The quantitative estimate of drug-likeness (QED) is 0.664. The van der Waals surface area contributed by atoms with Crippen molar-refractivity contribution >= 4 is 41.2 Å². The third kappa shape index (κ3) is 3.32. The van der Waals surface area contributed by atoms with E-state index in [2.05, 4.69) is 5.32 Å². The second kappa shape index (κ2) is 7.01. The van der Waals surface area contributed by atoms with Crippen molar-refractivity contribution < 1.29 is 19.1 Å². The molecule has 1 N–H and O–H groups in total. The van der Waals surface area contributed by atoms with Crippen molar-refractivity contribution in [3.05, 3.63) is 64.2 Å². The summed E-state index contributed by atoms with van der Waals surface area (Å²) in [6.07, 6.45) is 1.36.